The van der Waals surface area contributed by atoms with Gasteiger partial charge in [-0.25, -0.2) is 9.59 Å². The third kappa shape index (κ3) is 5.33. The number of methoxy groups -OCH3 is 2. The van der Waals surface area contributed by atoms with Crippen LogP contribution < -0.4 is 10.1 Å². The number of amides is 1. The molecule has 0 aliphatic carbocycles. The Labute approximate surface area is 163 Å². The van der Waals surface area contributed by atoms with Crippen LogP contribution in [0.5, 0.6) is 5.75 Å². The first-order valence-corrected chi connectivity index (χ1v) is 8.69. The third-order valence-corrected chi connectivity index (χ3v) is 3.96. The fourth-order valence-corrected chi connectivity index (χ4v) is 2.60. The highest BCUT2D eigenvalue weighted by molar-refractivity contribution is 5.99. The summed E-state index contributed by atoms with van der Waals surface area (Å²) in [5.41, 5.74) is 1.49. The molecular weight excluding hydrogens is 362 g/mol. The minimum atomic E-state index is -0.636. The minimum Gasteiger partial charge on any atom is -0.483 e. The van der Waals surface area contributed by atoms with Gasteiger partial charge in [0.05, 0.1) is 25.3 Å². The van der Waals surface area contributed by atoms with Gasteiger partial charge in [0.1, 0.15) is 5.75 Å². The molecule has 2 aromatic carbocycles. The Morgan fingerprint density at radius 3 is 2.04 bits per heavy atom. The van der Waals surface area contributed by atoms with Gasteiger partial charge in [0, 0.05) is 5.69 Å². The lowest BCUT2D eigenvalue weighted by Gasteiger charge is -2.14. The number of carbonyl (C=O) groups excluding carboxylic acids is 3. The van der Waals surface area contributed by atoms with E-state index in [1.165, 1.54) is 32.4 Å². The Morgan fingerprint density at radius 2 is 1.50 bits per heavy atom. The molecule has 0 aliphatic heterocycles. The van der Waals surface area contributed by atoms with Crippen molar-refractivity contribution in [2.45, 2.75) is 19.8 Å². The molecule has 0 radical (unpaired) electrons. The second kappa shape index (κ2) is 9.55. The first-order valence-electron chi connectivity index (χ1n) is 8.69. The van der Waals surface area contributed by atoms with Gasteiger partial charge in [0.2, 0.25) is 0 Å². The van der Waals surface area contributed by atoms with E-state index < -0.39 is 17.8 Å². The lowest BCUT2D eigenvalue weighted by atomic mass is 10.0. The summed E-state index contributed by atoms with van der Waals surface area (Å²) in [6.45, 7) is 3.85. The zero-order valence-corrected chi connectivity index (χ0v) is 16.3. The van der Waals surface area contributed by atoms with E-state index in [4.69, 9.17) is 4.74 Å². The molecule has 0 saturated heterocycles. The lowest BCUT2D eigenvalue weighted by molar-refractivity contribution is -0.118. The highest BCUT2D eigenvalue weighted by atomic mass is 16.5. The summed E-state index contributed by atoms with van der Waals surface area (Å²) in [5, 5.41) is 2.62. The molecule has 0 bridgehead atoms. The molecule has 0 aliphatic rings. The second-order valence-corrected chi connectivity index (χ2v) is 6.31. The smallest absolute Gasteiger partial charge is 0.337 e. The van der Waals surface area contributed by atoms with E-state index >= 15 is 0 Å². The fourth-order valence-electron chi connectivity index (χ4n) is 2.60. The van der Waals surface area contributed by atoms with Crippen molar-refractivity contribution < 1.29 is 28.6 Å². The maximum Gasteiger partial charge on any atom is 0.337 e. The van der Waals surface area contributed by atoms with Crippen LogP contribution in [0.3, 0.4) is 0 Å². The van der Waals surface area contributed by atoms with Gasteiger partial charge < -0.3 is 19.5 Å². The predicted molar refractivity (Wildman–Crippen MR) is 104 cm³/mol. The van der Waals surface area contributed by atoms with E-state index in [1.807, 2.05) is 32.0 Å². The average molecular weight is 385 g/mol. The molecule has 28 heavy (non-hydrogen) atoms. The number of para-hydroxylation sites is 1. The van der Waals surface area contributed by atoms with E-state index in [1.54, 1.807) is 6.07 Å². The zero-order chi connectivity index (χ0) is 20.7. The molecule has 1 amide bonds. The molecular formula is C21H23NO6. The summed E-state index contributed by atoms with van der Waals surface area (Å²) in [5.74, 6) is -0.826. The first kappa shape index (κ1) is 21.0. The number of hydrogen-bond acceptors (Lipinski definition) is 6. The molecule has 7 heteroatoms. The molecule has 0 unspecified atom stereocenters. The first-order chi connectivity index (χ1) is 13.3. The minimum absolute atomic E-state index is 0.117. The zero-order valence-electron chi connectivity index (χ0n) is 16.3. The van der Waals surface area contributed by atoms with Gasteiger partial charge in [-0.05, 0) is 35.7 Å². The van der Waals surface area contributed by atoms with E-state index in [-0.39, 0.29) is 29.3 Å². The number of benzene rings is 2. The number of carbonyl (C=O) groups is 3. The number of rotatable bonds is 7. The standard InChI is InChI=1S/C21H23NO6/c1-13(2)17-7-5-6-8-18(17)28-12-19(23)22-16-10-14(20(24)26-3)9-15(11-16)21(25)27-4/h5-11,13H,12H2,1-4H3,(H,22,23). The normalized spacial score (nSPS) is 10.3. The molecule has 2 aromatic rings. The van der Waals surface area contributed by atoms with Crippen LogP contribution in [0.15, 0.2) is 42.5 Å². The van der Waals surface area contributed by atoms with Crippen LogP contribution >= 0.6 is 0 Å². The van der Waals surface area contributed by atoms with Gasteiger partial charge in [0.15, 0.2) is 6.61 Å². The topological polar surface area (TPSA) is 90.9 Å². The average Bonchev–Trinajstić information content (AvgIpc) is 2.70. The van der Waals surface area contributed by atoms with Crippen LogP contribution in [0, 0.1) is 0 Å². The number of nitrogens with one attached hydrogen (secondary N) is 1. The van der Waals surface area contributed by atoms with E-state index in [0.717, 1.165) is 5.56 Å². The van der Waals surface area contributed by atoms with Crippen LogP contribution in [-0.4, -0.2) is 38.7 Å². The second-order valence-electron chi connectivity index (χ2n) is 6.31. The van der Waals surface area contributed by atoms with Gasteiger partial charge in [0.25, 0.3) is 5.91 Å². The summed E-state index contributed by atoms with van der Waals surface area (Å²) < 4.78 is 15.0. The molecule has 0 heterocycles. The molecule has 1 N–H and O–H groups in total. The van der Waals surface area contributed by atoms with Crippen LogP contribution in [0.1, 0.15) is 46.0 Å². The number of ether oxygens (including phenoxy) is 3. The monoisotopic (exact) mass is 385 g/mol. The Morgan fingerprint density at radius 1 is 0.929 bits per heavy atom. The third-order valence-electron chi connectivity index (χ3n) is 3.96. The molecule has 0 aromatic heterocycles. The maximum atomic E-state index is 12.3. The molecule has 2 rings (SSSR count). The van der Waals surface area contributed by atoms with Crippen molar-refractivity contribution in [2.75, 3.05) is 26.1 Å². The largest absolute Gasteiger partial charge is 0.483 e. The van der Waals surface area contributed by atoms with Crippen molar-refractivity contribution in [3.05, 3.63) is 59.2 Å². The van der Waals surface area contributed by atoms with Gasteiger partial charge in [-0.3, -0.25) is 4.79 Å². The van der Waals surface area contributed by atoms with Crippen molar-refractivity contribution in [3.8, 4) is 5.75 Å². The molecule has 7 nitrogen and oxygen atoms in total. The maximum absolute atomic E-state index is 12.3. The summed E-state index contributed by atoms with van der Waals surface area (Å²) in [7, 11) is 2.46. The van der Waals surface area contributed by atoms with E-state index in [2.05, 4.69) is 14.8 Å². The molecule has 0 atom stereocenters. The highest BCUT2D eigenvalue weighted by Crippen LogP contribution is 2.25. The SMILES string of the molecule is COC(=O)c1cc(NC(=O)COc2ccccc2C(C)C)cc(C(=O)OC)c1. The molecule has 0 saturated carbocycles. The van der Waals surface area contributed by atoms with Crippen molar-refractivity contribution in [1.82, 2.24) is 0 Å². The van der Waals surface area contributed by atoms with Crippen molar-refractivity contribution in [3.63, 3.8) is 0 Å². The fraction of sp³-hybridized carbons (Fsp3) is 0.286. The van der Waals surface area contributed by atoms with Crippen molar-refractivity contribution >= 4 is 23.5 Å². The van der Waals surface area contributed by atoms with Crippen molar-refractivity contribution in [2.24, 2.45) is 0 Å². The Balaban J connectivity index is 2.15. The van der Waals surface area contributed by atoms with Gasteiger partial charge in [-0.15, -0.1) is 0 Å². The summed E-state index contributed by atoms with van der Waals surface area (Å²) >= 11 is 0. The van der Waals surface area contributed by atoms with E-state index in [0.29, 0.717) is 5.75 Å². The Kier molecular flexibility index (Phi) is 7.14. The molecule has 0 spiro atoms. The van der Waals surface area contributed by atoms with Crippen LogP contribution in [0.25, 0.3) is 0 Å². The van der Waals surface area contributed by atoms with Crippen molar-refractivity contribution in [1.29, 1.82) is 0 Å². The molecule has 0 fully saturated rings. The summed E-state index contributed by atoms with van der Waals surface area (Å²) in [4.78, 5) is 35.9. The van der Waals surface area contributed by atoms with Gasteiger partial charge in [-0.1, -0.05) is 32.0 Å². The van der Waals surface area contributed by atoms with Crippen LogP contribution in [0.2, 0.25) is 0 Å². The number of hydrogen-bond donors (Lipinski definition) is 1. The Hall–Kier alpha value is -3.35. The predicted octanol–water partition coefficient (Wildman–Crippen LogP) is 3.40. The van der Waals surface area contributed by atoms with Crippen LogP contribution in [0.4, 0.5) is 5.69 Å². The summed E-state index contributed by atoms with van der Waals surface area (Å²) in [6, 6.07) is 11.7. The van der Waals surface area contributed by atoms with Crippen LogP contribution in [-0.2, 0) is 14.3 Å². The van der Waals surface area contributed by atoms with Gasteiger partial charge in [-0.2, -0.15) is 0 Å². The summed E-state index contributed by atoms with van der Waals surface area (Å²) in [6.07, 6.45) is 0. The van der Waals surface area contributed by atoms with E-state index in [9.17, 15) is 14.4 Å². The lowest BCUT2D eigenvalue weighted by Crippen LogP contribution is -2.21. The number of anilines is 1. The highest BCUT2D eigenvalue weighted by Gasteiger charge is 2.15. The quantitative estimate of drug-likeness (QED) is 0.735. The molecule has 148 valence electrons. The van der Waals surface area contributed by atoms with Gasteiger partial charge >= 0.3 is 11.9 Å². The Bertz CT molecular complexity index is 841. The number of esters is 2.